The van der Waals surface area contributed by atoms with Crippen LogP contribution in [0.5, 0.6) is 0 Å². The van der Waals surface area contributed by atoms with E-state index in [9.17, 15) is 4.79 Å². The lowest BCUT2D eigenvalue weighted by molar-refractivity contribution is 0.219. The zero-order valence-corrected chi connectivity index (χ0v) is 21.2. The Morgan fingerprint density at radius 1 is 0.944 bits per heavy atom. The monoisotopic (exact) mass is 484 g/mol. The molecule has 1 aliphatic heterocycles. The number of aromatic amines is 1. The van der Waals surface area contributed by atoms with Gasteiger partial charge in [-0.15, -0.1) is 10.2 Å². The molecule has 0 amide bonds. The molecule has 3 fully saturated rings. The number of rotatable bonds is 5. The first-order valence-electron chi connectivity index (χ1n) is 13.5. The smallest absolute Gasteiger partial charge is 0.279 e. The third-order valence-electron chi connectivity index (χ3n) is 8.00. The molecular weight excluding hydrogens is 448 g/mol. The lowest BCUT2D eigenvalue weighted by Gasteiger charge is -2.26. The molecule has 0 radical (unpaired) electrons. The van der Waals surface area contributed by atoms with Crippen LogP contribution < -0.4 is 5.56 Å². The highest BCUT2D eigenvalue weighted by atomic mass is 16.1. The van der Waals surface area contributed by atoms with Crippen molar-refractivity contribution in [3.8, 4) is 5.69 Å². The normalized spacial score (nSPS) is 18.6. The molecule has 36 heavy (non-hydrogen) atoms. The number of benzene rings is 1. The topological polar surface area (TPSA) is 71.7 Å². The minimum absolute atomic E-state index is 0.0880. The molecule has 7 heteroatoms. The lowest BCUT2D eigenvalue weighted by Crippen LogP contribution is -2.29. The number of H-pyrrole nitrogens is 1. The summed E-state index contributed by atoms with van der Waals surface area (Å²) < 4.78 is 3.68. The Kier molecular flexibility index (Phi) is 6.48. The van der Waals surface area contributed by atoms with E-state index in [1.165, 1.54) is 81.3 Å². The van der Waals surface area contributed by atoms with Gasteiger partial charge in [0.05, 0.1) is 0 Å². The molecule has 7 nitrogen and oxygen atoms in total. The average Bonchev–Trinajstić information content (AvgIpc) is 3.43. The second-order valence-corrected chi connectivity index (χ2v) is 10.8. The van der Waals surface area contributed by atoms with E-state index in [2.05, 4.69) is 56.6 Å². The van der Waals surface area contributed by atoms with E-state index in [1.54, 1.807) is 17.2 Å². The van der Waals surface area contributed by atoms with Crippen molar-refractivity contribution in [2.75, 3.05) is 13.1 Å². The Labute approximate surface area is 212 Å². The largest absolute Gasteiger partial charge is 0.353 e. The van der Waals surface area contributed by atoms with Crippen molar-refractivity contribution < 1.29 is 0 Å². The minimum Gasteiger partial charge on any atom is -0.353 e. The molecule has 7 rings (SSSR count). The van der Waals surface area contributed by atoms with Crippen LogP contribution in [0.15, 0.2) is 54.0 Å². The van der Waals surface area contributed by atoms with Crippen molar-refractivity contribution in [1.29, 1.82) is 0 Å². The molecule has 0 spiro atoms. The van der Waals surface area contributed by atoms with E-state index in [-0.39, 0.29) is 5.56 Å². The van der Waals surface area contributed by atoms with Crippen molar-refractivity contribution in [2.24, 2.45) is 7.05 Å². The van der Waals surface area contributed by atoms with Crippen molar-refractivity contribution in [2.45, 2.75) is 69.7 Å². The number of aryl methyl sites for hydroxylation is 1. The number of fused-ring (bicyclic) bond motifs is 1. The summed E-state index contributed by atoms with van der Waals surface area (Å²) in [7, 11) is 1.88. The van der Waals surface area contributed by atoms with Gasteiger partial charge in [0.2, 0.25) is 0 Å². The lowest BCUT2D eigenvalue weighted by atomic mass is 9.80. The summed E-state index contributed by atoms with van der Waals surface area (Å²) in [6.45, 7) is 3.27. The number of piperidine rings is 1. The Morgan fingerprint density at radius 3 is 2.36 bits per heavy atom. The fourth-order valence-electron chi connectivity index (χ4n) is 5.57. The molecule has 4 heterocycles. The minimum atomic E-state index is 0.0880. The Bertz CT molecular complexity index is 1370. The quantitative estimate of drug-likeness (QED) is 0.419. The fraction of sp³-hybridized carbons (Fsp3) is 0.483. The summed E-state index contributed by atoms with van der Waals surface area (Å²) in [5.74, 6) is 1.28. The predicted octanol–water partition coefficient (Wildman–Crippen LogP) is 5.26. The number of pyridine rings is 1. The summed E-state index contributed by atoms with van der Waals surface area (Å²) in [6.07, 6.45) is 15.7. The molecular formula is C29H36N6O. The van der Waals surface area contributed by atoms with E-state index < -0.39 is 0 Å². The molecule has 3 aromatic heterocycles. The van der Waals surface area contributed by atoms with Crippen LogP contribution in [0.3, 0.4) is 0 Å². The van der Waals surface area contributed by atoms with Gasteiger partial charge in [-0.2, -0.15) is 0 Å². The van der Waals surface area contributed by atoms with Gasteiger partial charge in [-0.05, 0) is 92.8 Å². The number of likely N-dealkylation sites (tertiary alicyclic amines) is 1. The molecule has 188 valence electrons. The van der Waals surface area contributed by atoms with Gasteiger partial charge in [0.25, 0.3) is 5.56 Å². The molecule has 2 aliphatic carbocycles. The summed E-state index contributed by atoms with van der Waals surface area (Å²) in [4.78, 5) is 19.6. The van der Waals surface area contributed by atoms with E-state index in [0.717, 1.165) is 23.1 Å². The van der Waals surface area contributed by atoms with Gasteiger partial charge in [0.15, 0.2) is 0 Å². The highest BCUT2D eigenvalue weighted by Gasteiger charge is 2.28. The number of aromatic nitrogens is 5. The summed E-state index contributed by atoms with van der Waals surface area (Å²) in [6, 6.07) is 10.9. The molecule has 1 saturated heterocycles. The molecule has 3 aliphatic rings. The zero-order valence-electron chi connectivity index (χ0n) is 21.2. The fourth-order valence-corrected chi connectivity index (χ4v) is 5.57. The van der Waals surface area contributed by atoms with E-state index >= 15 is 0 Å². The number of hydrogen-bond donors (Lipinski definition) is 1. The van der Waals surface area contributed by atoms with Crippen molar-refractivity contribution in [3.05, 3.63) is 76.4 Å². The average molecular weight is 485 g/mol. The number of nitrogens with one attached hydrogen (secondary N) is 1. The maximum absolute atomic E-state index is 13.5. The highest BCUT2D eigenvalue weighted by molar-refractivity contribution is 5.84. The van der Waals surface area contributed by atoms with Gasteiger partial charge in [0, 0.05) is 36.6 Å². The standard InChI is InChI=1S/C26H31N3O.C3H5N3/c30-26-25-23(15-21(27-25)16-28-12-2-1-3-13-28)24(19-10-11-19)17-29(26)22-9-5-8-20(14-22)18-6-4-7-18;1-6-2-4-5-3-6/h5,8-9,14-15,17-19,27H,1-4,6-7,10-13,16H2;2-3H,1H3. The van der Waals surface area contributed by atoms with Gasteiger partial charge in [-0.3, -0.25) is 14.3 Å². The third kappa shape index (κ3) is 4.89. The summed E-state index contributed by atoms with van der Waals surface area (Å²) >= 11 is 0. The Hall–Kier alpha value is -3.19. The van der Waals surface area contributed by atoms with Crippen LogP contribution >= 0.6 is 0 Å². The van der Waals surface area contributed by atoms with Crippen LogP contribution in [0.1, 0.15) is 80.0 Å². The first-order valence-corrected chi connectivity index (χ1v) is 13.5. The van der Waals surface area contributed by atoms with E-state index in [4.69, 9.17) is 0 Å². The van der Waals surface area contributed by atoms with Gasteiger partial charge >= 0.3 is 0 Å². The van der Waals surface area contributed by atoms with Crippen LogP contribution in [0.25, 0.3) is 16.6 Å². The Balaban J connectivity index is 0.000000353. The van der Waals surface area contributed by atoms with E-state index in [0.29, 0.717) is 11.8 Å². The van der Waals surface area contributed by atoms with Crippen LogP contribution in [0, 0.1) is 0 Å². The maximum Gasteiger partial charge on any atom is 0.279 e. The molecule has 0 unspecified atom stereocenters. The molecule has 0 atom stereocenters. The van der Waals surface area contributed by atoms with Crippen LogP contribution in [-0.4, -0.2) is 42.3 Å². The van der Waals surface area contributed by atoms with Gasteiger partial charge in [-0.1, -0.05) is 25.0 Å². The predicted molar refractivity (Wildman–Crippen MR) is 143 cm³/mol. The molecule has 2 saturated carbocycles. The van der Waals surface area contributed by atoms with Gasteiger partial charge in [0.1, 0.15) is 18.2 Å². The molecule has 1 N–H and O–H groups in total. The Morgan fingerprint density at radius 2 is 1.72 bits per heavy atom. The number of nitrogens with zero attached hydrogens (tertiary/aromatic N) is 5. The first-order chi connectivity index (χ1) is 17.7. The SMILES string of the molecule is Cn1cnnc1.O=c1c2[nH]c(CN3CCCCC3)cc2c(C2CC2)cn1-c1cccc(C2CCC2)c1. The molecule has 0 bridgehead atoms. The third-order valence-corrected chi connectivity index (χ3v) is 8.00. The van der Waals surface area contributed by atoms with Gasteiger partial charge in [-0.25, -0.2) is 0 Å². The van der Waals surface area contributed by atoms with Crippen molar-refractivity contribution in [3.63, 3.8) is 0 Å². The zero-order chi connectivity index (χ0) is 24.5. The first kappa shape index (κ1) is 23.2. The van der Waals surface area contributed by atoms with Crippen LogP contribution in [0.4, 0.5) is 0 Å². The van der Waals surface area contributed by atoms with Crippen molar-refractivity contribution in [1.82, 2.24) is 29.2 Å². The maximum atomic E-state index is 13.5. The van der Waals surface area contributed by atoms with E-state index in [1.807, 2.05) is 11.6 Å². The summed E-state index contributed by atoms with van der Waals surface area (Å²) in [5, 5.41) is 8.22. The summed E-state index contributed by atoms with van der Waals surface area (Å²) in [5.41, 5.74) is 5.81. The highest BCUT2D eigenvalue weighted by Crippen LogP contribution is 2.43. The van der Waals surface area contributed by atoms with Crippen molar-refractivity contribution >= 4 is 10.9 Å². The second kappa shape index (κ2) is 10.1. The molecule has 4 aromatic rings. The second-order valence-electron chi connectivity index (χ2n) is 10.8. The number of hydrogen-bond acceptors (Lipinski definition) is 4. The molecule has 1 aromatic carbocycles. The van der Waals surface area contributed by atoms with Crippen LogP contribution in [-0.2, 0) is 13.6 Å². The van der Waals surface area contributed by atoms with Gasteiger partial charge < -0.3 is 9.55 Å². The van der Waals surface area contributed by atoms with Crippen LogP contribution in [0.2, 0.25) is 0 Å².